The zero-order valence-electron chi connectivity index (χ0n) is 8.92. The van der Waals surface area contributed by atoms with Crippen LogP contribution in [0.4, 0.5) is 0 Å². The topological polar surface area (TPSA) is 67.5 Å². The third-order valence-electron chi connectivity index (χ3n) is 2.81. The SMILES string of the molecule is OB(O)On1ccc(C2CCCCC2)n1.[Mn]. The maximum atomic E-state index is 8.60. The summed E-state index contributed by atoms with van der Waals surface area (Å²) in [5.41, 5.74) is 0.982. The molecule has 0 unspecified atom stereocenters. The maximum absolute atomic E-state index is 8.60. The summed E-state index contributed by atoms with van der Waals surface area (Å²) in [6.45, 7) is 0. The van der Waals surface area contributed by atoms with Gasteiger partial charge in [-0.05, 0) is 18.9 Å². The smallest absolute Gasteiger partial charge is 0.405 e. The molecule has 0 aliphatic heterocycles. The van der Waals surface area contributed by atoms with Crippen LogP contribution < -0.4 is 4.76 Å². The Hall–Kier alpha value is -0.486. The molecular weight excluding hydrogens is 250 g/mol. The Balaban J connectivity index is 0.00000128. The predicted molar refractivity (Wildman–Crippen MR) is 54.8 cm³/mol. The zero-order chi connectivity index (χ0) is 10.7. The fourth-order valence-electron chi connectivity index (χ4n) is 2.09. The van der Waals surface area contributed by atoms with E-state index >= 15 is 0 Å². The standard InChI is InChI=1S/C9H15BN2O3.Mn/c13-10(14)15-12-7-6-9(11-12)8-4-2-1-3-5-8;/h6-8,13-14H,1-5H2;. The fourth-order valence-corrected chi connectivity index (χ4v) is 2.09. The summed E-state index contributed by atoms with van der Waals surface area (Å²) in [6, 6.07) is 1.87. The summed E-state index contributed by atoms with van der Waals surface area (Å²) in [5, 5.41) is 21.3. The molecule has 1 fully saturated rings. The minimum absolute atomic E-state index is 0. The van der Waals surface area contributed by atoms with Crippen LogP contribution in [0.2, 0.25) is 0 Å². The Labute approximate surface area is 105 Å². The van der Waals surface area contributed by atoms with Crippen LogP contribution in [0, 0.1) is 0 Å². The molecule has 89 valence electrons. The van der Waals surface area contributed by atoms with Gasteiger partial charge in [0.25, 0.3) is 0 Å². The summed E-state index contributed by atoms with van der Waals surface area (Å²) < 4.78 is 4.60. The largest absolute Gasteiger partial charge is 0.729 e. The molecule has 7 heteroatoms. The van der Waals surface area contributed by atoms with Gasteiger partial charge in [-0.3, -0.25) is 0 Å². The van der Waals surface area contributed by atoms with Crippen molar-refractivity contribution < 1.29 is 31.9 Å². The number of aromatic nitrogens is 2. The molecule has 0 spiro atoms. The van der Waals surface area contributed by atoms with Crippen LogP contribution in [-0.4, -0.2) is 27.3 Å². The maximum Gasteiger partial charge on any atom is 0.729 e. The van der Waals surface area contributed by atoms with Crippen molar-refractivity contribution in [2.24, 2.45) is 0 Å². The van der Waals surface area contributed by atoms with E-state index in [0.717, 1.165) is 10.5 Å². The molecule has 5 nitrogen and oxygen atoms in total. The summed E-state index contributed by atoms with van der Waals surface area (Å²) in [5.74, 6) is 0.499. The summed E-state index contributed by atoms with van der Waals surface area (Å²) in [4.78, 5) is 1.11. The van der Waals surface area contributed by atoms with Crippen LogP contribution in [0.15, 0.2) is 12.3 Å². The molecule has 2 N–H and O–H groups in total. The average Bonchev–Trinajstić information content (AvgIpc) is 2.67. The van der Waals surface area contributed by atoms with E-state index in [9.17, 15) is 0 Å². The predicted octanol–water partition coefficient (Wildman–Crippen LogP) is 0.326. The molecule has 2 rings (SSSR count). The molecule has 0 amide bonds. The van der Waals surface area contributed by atoms with E-state index in [1.165, 1.54) is 32.1 Å². The van der Waals surface area contributed by atoms with Crippen molar-refractivity contribution in [2.75, 3.05) is 0 Å². The summed E-state index contributed by atoms with van der Waals surface area (Å²) >= 11 is 0. The first-order chi connectivity index (χ1) is 7.25. The van der Waals surface area contributed by atoms with E-state index < -0.39 is 7.32 Å². The van der Waals surface area contributed by atoms with Gasteiger partial charge in [-0.15, -0.1) is 9.94 Å². The number of hydrogen-bond acceptors (Lipinski definition) is 4. The van der Waals surface area contributed by atoms with Crippen LogP contribution in [-0.2, 0) is 17.1 Å². The van der Waals surface area contributed by atoms with Gasteiger partial charge in [-0.1, -0.05) is 19.3 Å². The van der Waals surface area contributed by atoms with Crippen molar-refractivity contribution in [3.05, 3.63) is 18.0 Å². The van der Waals surface area contributed by atoms with E-state index in [4.69, 9.17) is 10.0 Å². The van der Waals surface area contributed by atoms with Crippen molar-refractivity contribution in [1.82, 2.24) is 9.94 Å². The monoisotopic (exact) mass is 265 g/mol. The van der Waals surface area contributed by atoms with Gasteiger partial charge in [0.2, 0.25) is 0 Å². The third kappa shape index (κ3) is 3.52. The van der Waals surface area contributed by atoms with Gasteiger partial charge >= 0.3 is 7.32 Å². The minimum atomic E-state index is -1.82. The molecule has 1 aromatic rings. The zero-order valence-corrected chi connectivity index (χ0v) is 10.1. The molecule has 1 aliphatic carbocycles. The quantitative estimate of drug-likeness (QED) is 0.772. The molecule has 0 aromatic carbocycles. The molecule has 1 aliphatic rings. The molecule has 1 saturated carbocycles. The average molecular weight is 265 g/mol. The Bertz CT molecular complexity index is 315. The van der Waals surface area contributed by atoms with Gasteiger partial charge < -0.3 is 14.8 Å². The normalized spacial score (nSPS) is 16.6. The summed E-state index contributed by atoms with van der Waals surface area (Å²) in [6.07, 6.45) is 7.74. The second kappa shape index (κ2) is 6.30. The van der Waals surface area contributed by atoms with E-state index in [0.29, 0.717) is 5.92 Å². The number of rotatable bonds is 3. The van der Waals surface area contributed by atoms with Gasteiger partial charge in [-0.25, -0.2) is 0 Å². The second-order valence-electron chi connectivity index (χ2n) is 3.91. The first-order valence-corrected chi connectivity index (χ1v) is 5.34. The van der Waals surface area contributed by atoms with Crippen LogP contribution in [0.3, 0.4) is 0 Å². The molecule has 1 radical (unpaired) electrons. The Morgan fingerprint density at radius 3 is 2.62 bits per heavy atom. The number of hydrogen-bond donors (Lipinski definition) is 2. The molecule has 1 aromatic heterocycles. The second-order valence-corrected chi connectivity index (χ2v) is 3.91. The van der Waals surface area contributed by atoms with Crippen LogP contribution in [0.5, 0.6) is 0 Å². The molecule has 1 heterocycles. The Morgan fingerprint density at radius 1 is 1.31 bits per heavy atom. The van der Waals surface area contributed by atoms with Crippen LogP contribution in [0.25, 0.3) is 0 Å². The molecular formula is C9H15BMnN2O3. The Morgan fingerprint density at radius 2 is 2.00 bits per heavy atom. The van der Waals surface area contributed by atoms with Gasteiger partial charge in [0.1, 0.15) is 0 Å². The van der Waals surface area contributed by atoms with Crippen LogP contribution >= 0.6 is 0 Å². The molecule has 0 atom stereocenters. The molecule has 0 bridgehead atoms. The Kier molecular flexibility index (Phi) is 5.35. The van der Waals surface area contributed by atoms with Gasteiger partial charge in [-0.2, -0.15) is 0 Å². The van der Waals surface area contributed by atoms with Crippen molar-refractivity contribution in [1.29, 1.82) is 0 Å². The fraction of sp³-hybridized carbons (Fsp3) is 0.667. The van der Waals surface area contributed by atoms with Gasteiger partial charge in [0, 0.05) is 23.0 Å². The third-order valence-corrected chi connectivity index (χ3v) is 2.81. The van der Waals surface area contributed by atoms with E-state index in [2.05, 4.69) is 9.85 Å². The van der Waals surface area contributed by atoms with Gasteiger partial charge in [0.15, 0.2) is 0 Å². The van der Waals surface area contributed by atoms with Crippen molar-refractivity contribution in [3.63, 3.8) is 0 Å². The van der Waals surface area contributed by atoms with Gasteiger partial charge in [0.05, 0.1) is 11.9 Å². The minimum Gasteiger partial charge on any atom is -0.405 e. The molecule has 0 saturated heterocycles. The first kappa shape index (κ1) is 13.6. The van der Waals surface area contributed by atoms with E-state index in [1.807, 2.05) is 6.07 Å². The van der Waals surface area contributed by atoms with Crippen molar-refractivity contribution in [2.45, 2.75) is 38.0 Å². The molecule has 16 heavy (non-hydrogen) atoms. The van der Waals surface area contributed by atoms with E-state index in [1.54, 1.807) is 6.20 Å². The number of nitrogens with zero attached hydrogens (tertiary/aromatic N) is 2. The van der Waals surface area contributed by atoms with Crippen molar-refractivity contribution in [3.8, 4) is 0 Å². The van der Waals surface area contributed by atoms with Crippen molar-refractivity contribution >= 4 is 7.32 Å². The summed E-state index contributed by atoms with van der Waals surface area (Å²) in [7, 11) is -1.82. The van der Waals surface area contributed by atoms with Crippen LogP contribution in [0.1, 0.15) is 43.7 Å². The van der Waals surface area contributed by atoms with E-state index in [-0.39, 0.29) is 17.1 Å². The first-order valence-electron chi connectivity index (χ1n) is 5.34.